The molecule has 7 heteroatoms. The third-order valence-corrected chi connectivity index (χ3v) is 4.65. The van der Waals surface area contributed by atoms with Crippen molar-refractivity contribution >= 4 is 46.4 Å². The van der Waals surface area contributed by atoms with Crippen LogP contribution >= 0.6 is 34.8 Å². The van der Waals surface area contributed by atoms with E-state index in [0.717, 1.165) is 24.6 Å². The largest absolute Gasteiger partial charge is 0.494 e. The maximum atomic E-state index is 11.6. The molecule has 1 aliphatic heterocycles. The number of nitrogens with zero attached hydrogens (tertiary/aromatic N) is 1. The third kappa shape index (κ3) is 6.67. The summed E-state index contributed by atoms with van der Waals surface area (Å²) in [5.74, 6) is 0.934. The minimum Gasteiger partial charge on any atom is -0.494 e. The lowest BCUT2D eigenvalue weighted by molar-refractivity contribution is -0.115. The molecule has 2 rings (SSSR count). The van der Waals surface area contributed by atoms with E-state index in [-0.39, 0.29) is 0 Å². The molecule has 1 aliphatic rings. The summed E-state index contributed by atoms with van der Waals surface area (Å²) in [4.78, 5) is 14.1. The van der Waals surface area contributed by atoms with Crippen molar-refractivity contribution in [2.45, 2.75) is 30.0 Å². The Morgan fingerprint density at radius 2 is 1.88 bits per heavy atom. The molecule has 0 aromatic heterocycles. The zero-order valence-corrected chi connectivity index (χ0v) is 16.0. The minimum atomic E-state index is -1.97. The summed E-state index contributed by atoms with van der Waals surface area (Å²) in [7, 11) is 0. The van der Waals surface area contributed by atoms with E-state index >= 15 is 0 Å². The number of rotatable bonds is 6. The Kier molecular flexibility index (Phi) is 7.48. The van der Waals surface area contributed by atoms with Crippen molar-refractivity contribution in [1.82, 2.24) is 4.90 Å². The van der Waals surface area contributed by atoms with Gasteiger partial charge in [-0.1, -0.05) is 41.7 Å². The van der Waals surface area contributed by atoms with Crippen LogP contribution in [-0.2, 0) is 4.79 Å². The third-order valence-electron chi connectivity index (χ3n) is 4.13. The SMILES string of the molecule is CC1CCN(CCCOc2ccc(NC(=O)C(Cl)(Cl)Cl)cc2)CC1. The average molecular weight is 394 g/mol. The van der Waals surface area contributed by atoms with Crippen LogP contribution in [0.25, 0.3) is 0 Å². The van der Waals surface area contributed by atoms with Gasteiger partial charge in [-0.15, -0.1) is 0 Å². The van der Waals surface area contributed by atoms with Crippen LogP contribution in [0.1, 0.15) is 26.2 Å². The number of alkyl halides is 3. The molecule has 1 heterocycles. The highest BCUT2D eigenvalue weighted by Gasteiger charge is 2.30. The molecular formula is C17H23Cl3N2O2. The first kappa shape index (κ1) is 19.6. The number of hydrogen-bond acceptors (Lipinski definition) is 3. The molecule has 1 amide bonds. The van der Waals surface area contributed by atoms with Gasteiger partial charge in [0.05, 0.1) is 6.61 Å². The van der Waals surface area contributed by atoms with Crippen LogP contribution in [0.4, 0.5) is 5.69 Å². The second kappa shape index (κ2) is 9.14. The predicted molar refractivity (Wildman–Crippen MR) is 100 cm³/mol. The van der Waals surface area contributed by atoms with Gasteiger partial charge in [-0.25, -0.2) is 0 Å². The van der Waals surface area contributed by atoms with E-state index in [1.54, 1.807) is 24.3 Å². The van der Waals surface area contributed by atoms with Crippen molar-refractivity contribution in [3.05, 3.63) is 24.3 Å². The molecule has 1 saturated heterocycles. The fourth-order valence-electron chi connectivity index (χ4n) is 2.60. The molecule has 1 N–H and O–H groups in total. The average Bonchev–Trinajstić information content (AvgIpc) is 2.54. The summed E-state index contributed by atoms with van der Waals surface area (Å²) in [6.07, 6.45) is 3.59. The van der Waals surface area contributed by atoms with Crippen LogP contribution < -0.4 is 10.1 Å². The number of hydrogen-bond donors (Lipinski definition) is 1. The van der Waals surface area contributed by atoms with E-state index in [1.165, 1.54) is 25.9 Å². The maximum absolute atomic E-state index is 11.6. The van der Waals surface area contributed by atoms with E-state index in [9.17, 15) is 4.79 Å². The molecule has 0 saturated carbocycles. The van der Waals surface area contributed by atoms with Gasteiger partial charge < -0.3 is 15.0 Å². The molecule has 1 aromatic carbocycles. The Balaban J connectivity index is 1.67. The second-order valence-corrected chi connectivity index (χ2v) is 8.48. The highest BCUT2D eigenvalue weighted by Crippen LogP contribution is 2.28. The second-order valence-electron chi connectivity index (χ2n) is 6.20. The van der Waals surface area contributed by atoms with Gasteiger partial charge in [-0.05, 0) is 62.5 Å². The highest BCUT2D eigenvalue weighted by molar-refractivity contribution is 6.76. The molecule has 0 aliphatic carbocycles. The lowest BCUT2D eigenvalue weighted by Crippen LogP contribution is -2.34. The van der Waals surface area contributed by atoms with E-state index in [4.69, 9.17) is 39.5 Å². The highest BCUT2D eigenvalue weighted by atomic mass is 35.6. The Hall–Kier alpha value is -0.680. The number of nitrogens with one attached hydrogen (secondary N) is 1. The summed E-state index contributed by atoms with van der Waals surface area (Å²) in [5.41, 5.74) is 0.557. The van der Waals surface area contributed by atoms with Crippen LogP contribution in [0.5, 0.6) is 5.75 Å². The first-order chi connectivity index (χ1) is 11.3. The van der Waals surface area contributed by atoms with Gasteiger partial charge in [-0.2, -0.15) is 0 Å². The Labute approximate surface area is 158 Å². The smallest absolute Gasteiger partial charge is 0.276 e. The zero-order chi connectivity index (χ0) is 17.6. The number of carbonyl (C=O) groups excluding carboxylic acids is 1. The molecule has 0 bridgehead atoms. The van der Waals surface area contributed by atoms with Crippen molar-refractivity contribution in [3.63, 3.8) is 0 Å². The fraction of sp³-hybridized carbons (Fsp3) is 0.588. The van der Waals surface area contributed by atoms with Gasteiger partial charge in [0.15, 0.2) is 0 Å². The number of halogens is 3. The first-order valence-electron chi connectivity index (χ1n) is 8.18. The van der Waals surface area contributed by atoms with E-state index < -0.39 is 9.70 Å². The van der Waals surface area contributed by atoms with Gasteiger partial charge in [0, 0.05) is 12.2 Å². The van der Waals surface area contributed by atoms with E-state index in [0.29, 0.717) is 12.3 Å². The minimum absolute atomic E-state index is 0.557. The van der Waals surface area contributed by atoms with Crippen LogP contribution in [-0.4, -0.2) is 40.8 Å². The molecule has 1 aromatic rings. The van der Waals surface area contributed by atoms with Crippen molar-refractivity contribution in [1.29, 1.82) is 0 Å². The number of benzene rings is 1. The molecule has 0 spiro atoms. The van der Waals surface area contributed by atoms with Crippen molar-refractivity contribution in [2.24, 2.45) is 5.92 Å². The summed E-state index contributed by atoms with van der Waals surface area (Å²) in [6, 6.07) is 7.01. The van der Waals surface area contributed by atoms with Gasteiger partial charge >= 0.3 is 0 Å². The van der Waals surface area contributed by atoms with Crippen LogP contribution in [0.3, 0.4) is 0 Å². The summed E-state index contributed by atoms with van der Waals surface area (Å²) < 4.78 is 3.76. The van der Waals surface area contributed by atoms with Crippen LogP contribution in [0.15, 0.2) is 24.3 Å². The maximum Gasteiger partial charge on any atom is 0.276 e. The van der Waals surface area contributed by atoms with E-state index in [1.807, 2.05) is 0 Å². The van der Waals surface area contributed by atoms with Crippen molar-refractivity contribution in [2.75, 3.05) is 31.6 Å². The zero-order valence-electron chi connectivity index (χ0n) is 13.7. The molecule has 24 heavy (non-hydrogen) atoms. The Bertz CT molecular complexity index is 524. The Morgan fingerprint density at radius 1 is 1.25 bits per heavy atom. The van der Waals surface area contributed by atoms with Crippen molar-refractivity contribution < 1.29 is 9.53 Å². The topological polar surface area (TPSA) is 41.6 Å². The fourth-order valence-corrected chi connectivity index (χ4v) is 2.74. The molecule has 0 radical (unpaired) electrons. The lowest BCUT2D eigenvalue weighted by Gasteiger charge is -2.30. The Morgan fingerprint density at radius 3 is 2.46 bits per heavy atom. The normalized spacial score (nSPS) is 16.8. The molecule has 134 valence electrons. The monoisotopic (exact) mass is 392 g/mol. The number of piperidine rings is 1. The number of ether oxygens (including phenoxy) is 1. The molecule has 0 atom stereocenters. The van der Waals surface area contributed by atoms with Crippen LogP contribution in [0, 0.1) is 5.92 Å². The van der Waals surface area contributed by atoms with Gasteiger partial charge in [-0.3, -0.25) is 4.79 Å². The molecule has 1 fully saturated rings. The van der Waals surface area contributed by atoms with Crippen molar-refractivity contribution in [3.8, 4) is 5.75 Å². The summed E-state index contributed by atoms with van der Waals surface area (Å²) in [6.45, 7) is 6.45. The van der Waals surface area contributed by atoms with Gasteiger partial charge in [0.1, 0.15) is 5.75 Å². The molecule has 0 unspecified atom stereocenters. The van der Waals surface area contributed by atoms with Crippen LogP contribution in [0.2, 0.25) is 0 Å². The summed E-state index contributed by atoms with van der Waals surface area (Å²) in [5, 5.41) is 2.53. The number of likely N-dealkylation sites (tertiary alicyclic amines) is 1. The molecular weight excluding hydrogens is 371 g/mol. The lowest BCUT2D eigenvalue weighted by atomic mass is 9.99. The first-order valence-corrected chi connectivity index (χ1v) is 9.31. The number of amides is 1. The standard InChI is InChI=1S/C17H23Cl3N2O2/c1-13-7-10-22(11-8-13)9-2-12-24-15-5-3-14(4-6-15)21-16(23)17(18,19)20/h3-6,13H,2,7-12H2,1H3,(H,21,23). The predicted octanol–water partition coefficient (Wildman–Crippen LogP) is 4.50. The number of anilines is 1. The molecule has 4 nitrogen and oxygen atoms in total. The van der Waals surface area contributed by atoms with Gasteiger partial charge in [0.2, 0.25) is 0 Å². The van der Waals surface area contributed by atoms with E-state index in [2.05, 4.69) is 17.1 Å². The number of carbonyl (C=O) groups is 1. The quantitative estimate of drug-likeness (QED) is 0.571. The van der Waals surface area contributed by atoms with Gasteiger partial charge in [0.25, 0.3) is 9.70 Å². The summed E-state index contributed by atoms with van der Waals surface area (Å²) >= 11 is 16.5.